The zero-order chi connectivity index (χ0) is 14.5. The average Bonchev–Trinajstić information content (AvgIpc) is 2.85. The second-order valence-corrected chi connectivity index (χ2v) is 5.39. The van der Waals surface area contributed by atoms with Crippen LogP contribution in [0.4, 0.5) is 13.2 Å². The monoisotopic (exact) mass is 298 g/mol. The number of aromatic nitrogens is 2. The Morgan fingerprint density at radius 3 is 2.80 bits per heavy atom. The Hall–Kier alpha value is -1.56. The molecule has 0 radical (unpaired) electrons. The molecule has 106 valence electrons. The van der Waals surface area contributed by atoms with Crippen LogP contribution in [-0.4, -0.2) is 15.7 Å². The quantitative estimate of drug-likeness (QED) is 0.585. The normalized spacial score (nSPS) is 17.2. The van der Waals surface area contributed by atoms with Crippen LogP contribution in [-0.2, 0) is 0 Å². The minimum absolute atomic E-state index is 0.178. The molecule has 2 rings (SSSR count). The van der Waals surface area contributed by atoms with Crippen molar-refractivity contribution in [1.82, 2.24) is 9.97 Å². The third kappa shape index (κ3) is 3.96. The van der Waals surface area contributed by atoms with Gasteiger partial charge in [-0.05, 0) is 17.6 Å². The third-order valence-electron chi connectivity index (χ3n) is 2.71. The average molecular weight is 298 g/mol. The smallest absolute Gasteiger partial charge is 0.231 e. The first-order valence-electron chi connectivity index (χ1n) is 6.12. The molecular formula is C14H13F3N2S. The van der Waals surface area contributed by atoms with E-state index in [9.17, 15) is 13.2 Å². The topological polar surface area (TPSA) is 25.8 Å². The summed E-state index contributed by atoms with van der Waals surface area (Å²) in [7, 11) is 0. The van der Waals surface area contributed by atoms with E-state index in [-0.39, 0.29) is 12.2 Å². The first kappa shape index (κ1) is 14.8. The van der Waals surface area contributed by atoms with Crippen molar-refractivity contribution in [3.05, 3.63) is 48.1 Å². The second-order valence-electron chi connectivity index (χ2n) is 4.33. The largest absolute Gasteiger partial charge is 0.301 e. The summed E-state index contributed by atoms with van der Waals surface area (Å²) in [4.78, 5) is 8.38. The number of nitrogens with zero attached hydrogens (tertiary/aromatic N) is 2. The van der Waals surface area contributed by atoms with Crippen LogP contribution in [0, 0.1) is 5.92 Å². The van der Waals surface area contributed by atoms with Gasteiger partial charge in [0.15, 0.2) is 11.0 Å². The summed E-state index contributed by atoms with van der Waals surface area (Å²) in [5, 5.41) is 0.461. The molecule has 0 bridgehead atoms. The maximum atomic E-state index is 12.7. The Labute approximate surface area is 119 Å². The van der Waals surface area contributed by atoms with E-state index < -0.39 is 11.9 Å². The number of rotatable bonds is 5. The maximum Gasteiger partial charge on any atom is 0.301 e. The van der Waals surface area contributed by atoms with Gasteiger partial charge in [0.1, 0.15) is 0 Å². The van der Waals surface area contributed by atoms with E-state index in [1.165, 1.54) is 0 Å². The highest BCUT2D eigenvalue weighted by Gasteiger charge is 2.10. The Balaban J connectivity index is 1.99. The third-order valence-corrected chi connectivity index (χ3v) is 3.57. The van der Waals surface area contributed by atoms with Crippen LogP contribution >= 0.6 is 11.8 Å². The number of thioether (sulfide) groups is 1. The summed E-state index contributed by atoms with van der Waals surface area (Å²) in [5.74, 6) is -0.815. The Bertz CT molecular complexity index is 578. The van der Waals surface area contributed by atoms with Crippen LogP contribution < -0.4 is 0 Å². The van der Waals surface area contributed by atoms with Crippen molar-refractivity contribution in [1.29, 1.82) is 0 Å². The lowest BCUT2D eigenvalue weighted by Crippen LogP contribution is -1.93. The van der Waals surface area contributed by atoms with E-state index in [2.05, 4.69) is 29.0 Å². The van der Waals surface area contributed by atoms with Crippen molar-refractivity contribution in [2.45, 2.75) is 18.5 Å². The molecule has 0 amide bonds. The SMILES string of the molecule is CC1C=CC(c2ccnc(SCCC(F)=C(F)F)n2)=C1. The van der Waals surface area contributed by atoms with Gasteiger partial charge >= 0.3 is 6.08 Å². The van der Waals surface area contributed by atoms with Crippen molar-refractivity contribution in [3.63, 3.8) is 0 Å². The van der Waals surface area contributed by atoms with Gasteiger partial charge in [-0.2, -0.15) is 8.78 Å². The highest BCUT2D eigenvalue weighted by atomic mass is 32.2. The summed E-state index contributed by atoms with van der Waals surface area (Å²) < 4.78 is 36.5. The molecule has 0 saturated carbocycles. The highest BCUT2D eigenvalue weighted by molar-refractivity contribution is 7.99. The molecule has 1 aromatic heterocycles. The van der Waals surface area contributed by atoms with Crippen LogP contribution in [0.25, 0.3) is 5.57 Å². The van der Waals surface area contributed by atoms with E-state index in [0.29, 0.717) is 11.1 Å². The molecule has 20 heavy (non-hydrogen) atoms. The van der Waals surface area contributed by atoms with Crippen molar-refractivity contribution in [2.24, 2.45) is 5.92 Å². The van der Waals surface area contributed by atoms with Crippen molar-refractivity contribution in [2.75, 3.05) is 5.75 Å². The molecule has 1 aromatic rings. The predicted molar refractivity (Wildman–Crippen MR) is 74.0 cm³/mol. The molecule has 0 aliphatic heterocycles. The molecule has 1 atom stereocenters. The Kier molecular flexibility index (Phi) is 5.00. The lowest BCUT2D eigenvalue weighted by molar-refractivity contribution is 0.373. The standard InChI is InChI=1S/C14H13F3N2S/c1-9-2-3-10(8-9)12-4-6-18-14(19-12)20-7-5-11(15)13(16)17/h2-4,6,8-9H,5,7H2,1H3. The number of hydrogen-bond donors (Lipinski definition) is 0. The van der Waals surface area contributed by atoms with Gasteiger partial charge in [-0.25, -0.2) is 14.4 Å². The molecule has 1 heterocycles. The van der Waals surface area contributed by atoms with Crippen LogP contribution in [0.3, 0.4) is 0 Å². The van der Waals surface area contributed by atoms with Crippen molar-refractivity contribution >= 4 is 17.3 Å². The molecule has 1 unspecified atom stereocenters. The van der Waals surface area contributed by atoms with Gasteiger partial charge in [0.2, 0.25) is 0 Å². The van der Waals surface area contributed by atoms with Gasteiger partial charge in [0.25, 0.3) is 0 Å². The molecule has 1 aliphatic rings. The summed E-state index contributed by atoms with van der Waals surface area (Å²) in [6, 6.07) is 1.79. The molecule has 0 aromatic carbocycles. The van der Waals surface area contributed by atoms with Gasteiger partial charge in [-0.3, -0.25) is 0 Å². The lowest BCUT2D eigenvalue weighted by Gasteiger charge is -2.03. The zero-order valence-corrected chi connectivity index (χ0v) is 11.6. The van der Waals surface area contributed by atoms with Crippen molar-refractivity contribution < 1.29 is 13.2 Å². The molecule has 2 nitrogen and oxygen atoms in total. The van der Waals surface area contributed by atoms with Gasteiger partial charge in [-0.15, -0.1) is 0 Å². The highest BCUT2D eigenvalue weighted by Crippen LogP contribution is 2.25. The summed E-state index contributed by atoms with van der Waals surface area (Å²) in [5.41, 5.74) is 1.80. The number of hydrogen-bond acceptors (Lipinski definition) is 3. The zero-order valence-electron chi connectivity index (χ0n) is 10.8. The van der Waals surface area contributed by atoms with Crippen LogP contribution in [0.2, 0.25) is 0 Å². The molecule has 0 N–H and O–H groups in total. The van der Waals surface area contributed by atoms with E-state index >= 15 is 0 Å². The van der Waals surface area contributed by atoms with Gasteiger partial charge in [0.05, 0.1) is 5.69 Å². The minimum Gasteiger partial charge on any atom is -0.231 e. The first-order valence-corrected chi connectivity index (χ1v) is 7.10. The fourth-order valence-electron chi connectivity index (χ4n) is 1.72. The van der Waals surface area contributed by atoms with Gasteiger partial charge < -0.3 is 0 Å². The summed E-state index contributed by atoms with van der Waals surface area (Å²) in [6.45, 7) is 2.07. The van der Waals surface area contributed by atoms with Crippen LogP contribution in [0.1, 0.15) is 19.0 Å². The molecular weight excluding hydrogens is 285 g/mol. The second kappa shape index (κ2) is 6.74. The van der Waals surface area contributed by atoms with E-state index in [4.69, 9.17) is 0 Å². The maximum absolute atomic E-state index is 12.7. The summed E-state index contributed by atoms with van der Waals surface area (Å²) in [6.07, 6.45) is 5.18. The molecule has 0 saturated heterocycles. The fourth-order valence-corrected chi connectivity index (χ4v) is 2.48. The van der Waals surface area contributed by atoms with Crippen LogP contribution in [0.5, 0.6) is 0 Å². The predicted octanol–water partition coefficient (Wildman–Crippen LogP) is 4.63. The number of halogens is 3. The molecule has 0 fully saturated rings. The summed E-state index contributed by atoms with van der Waals surface area (Å²) >= 11 is 1.16. The Morgan fingerprint density at radius 1 is 1.35 bits per heavy atom. The first-order chi connectivity index (χ1) is 9.56. The van der Waals surface area contributed by atoms with Crippen molar-refractivity contribution in [3.8, 4) is 0 Å². The molecule has 6 heteroatoms. The minimum atomic E-state index is -2.25. The fraction of sp³-hybridized carbons (Fsp3) is 0.286. The number of allylic oxidation sites excluding steroid dienone is 5. The molecule has 0 spiro atoms. The van der Waals surface area contributed by atoms with Gasteiger partial charge in [0, 0.05) is 18.4 Å². The van der Waals surface area contributed by atoms with E-state index in [0.717, 1.165) is 23.0 Å². The van der Waals surface area contributed by atoms with E-state index in [1.54, 1.807) is 12.3 Å². The molecule has 1 aliphatic carbocycles. The van der Waals surface area contributed by atoms with Gasteiger partial charge in [-0.1, -0.05) is 36.9 Å². The van der Waals surface area contributed by atoms with Crippen LogP contribution in [0.15, 0.2) is 47.6 Å². The lowest BCUT2D eigenvalue weighted by atomic mass is 10.2. The van der Waals surface area contributed by atoms with E-state index in [1.807, 2.05) is 6.08 Å². The Morgan fingerprint density at radius 2 is 2.15 bits per heavy atom.